The number of aryl methyl sites for hydroxylation is 1. The first-order chi connectivity index (χ1) is 11.7. The van der Waals surface area contributed by atoms with Crippen LogP contribution < -0.4 is 4.90 Å². The maximum absolute atomic E-state index is 12.5. The van der Waals surface area contributed by atoms with Crippen molar-refractivity contribution in [3.8, 4) is 0 Å². The minimum absolute atomic E-state index is 0.0578. The van der Waals surface area contributed by atoms with Crippen molar-refractivity contribution >= 4 is 22.6 Å². The Morgan fingerprint density at radius 1 is 1.17 bits per heavy atom. The van der Waals surface area contributed by atoms with E-state index in [-0.39, 0.29) is 5.91 Å². The smallest absolute Gasteiger partial charge is 0.255 e. The number of fused-ring (bicyclic) bond motifs is 1. The summed E-state index contributed by atoms with van der Waals surface area (Å²) in [5, 5.41) is 0. The number of carbonyl (C=O) groups is 1. The van der Waals surface area contributed by atoms with E-state index in [2.05, 4.69) is 32.0 Å². The second kappa shape index (κ2) is 5.96. The summed E-state index contributed by atoms with van der Waals surface area (Å²) in [4.78, 5) is 28.4. The van der Waals surface area contributed by atoms with Crippen molar-refractivity contribution in [2.45, 2.75) is 6.92 Å². The third-order valence-electron chi connectivity index (χ3n) is 4.42. The summed E-state index contributed by atoms with van der Waals surface area (Å²) in [6.45, 7) is 5.04. The van der Waals surface area contributed by atoms with Gasteiger partial charge in [0.05, 0.1) is 16.6 Å². The van der Waals surface area contributed by atoms with Crippen LogP contribution in [0, 0.1) is 6.92 Å². The number of aromatic amines is 1. The van der Waals surface area contributed by atoms with E-state index in [1.54, 1.807) is 18.5 Å². The SMILES string of the molecule is Cc1nc2ccc(N3CCN(C(=O)c4cccnc4)CC3)cc2[nH]1. The Balaban J connectivity index is 1.46. The number of nitrogens with zero attached hydrogens (tertiary/aromatic N) is 4. The fourth-order valence-electron chi connectivity index (χ4n) is 3.16. The first kappa shape index (κ1) is 14.7. The molecule has 0 atom stereocenters. The number of imidazole rings is 1. The molecule has 0 radical (unpaired) electrons. The Hall–Kier alpha value is -2.89. The highest BCUT2D eigenvalue weighted by atomic mass is 16.2. The van der Waals surface area contributed by atoms with Crippen LogP contribution in [0.25, 0.3) is 11.0 Å². The number of pyridine rings is 1. The van der Waals surface area contributed by atoms with Gasteiger partial charge in [-0.1, -0.05) is 0 Å². The van der Waals surface area contributed by atoms with Crippen LogP contribution in [-0.2, 0) is 0 Å². The Bertz CT molecular complexity index is 866. The van der Waals surface area contributed by atoms with Gasteiger partial charge >= 0.3 is 0 Å². The normalized spacial score (nSPS) is 15.0. The van der Waals surface area contributed by atoms with E-state index in [1.165, 1.54) is 5.69 Å². The molecule has 4 rings (SSSR count). The first-order valence-corrected chi connectivity index (χ1v) is 8.11. The molecule has 6 nitrogen and oxygen atoms in total. The second-order valence-corrected chi connectivity index (χ2v) is 6.04. The maximum Gasteiger partial charge on any atom is 0.255 e. The van der Waals surface area contributed by atoms with Crippen molar-refractivity contribution in [2.24, 2.45) is 0 Å². The van der Waals surface area contributed by atoms with Crippen molar-refractivity contribution < 1.29 is 4.79 Å². The molecule has 2 aromatic heterocycles. The molecule has 1 fully saturated rings. The number of carbonyl (C=O) groups excluding carboxylic acids is 1. The van der Waals surface area contributed by atoms with Gasteiger partial charge in [-0.05, 0) is 37.3 Å². The minimum atomic E-state index is 0.0578. The number of aromatic nitrogens is 3. The summed E-state index contributed by atoms with van der Waals surface area (Å²) in [7, 11) is 0. The topological polar surface area (TPSA) is 65.1 Å². The van der Waals surface area contributed by atoms with E-state index >= 15 is 0 Å². The van der Waals surface area contributed by atoms with E-state index in [0.29, 0.717) is 18.7 Å². The molecule has 1 aromatic carbocycles. The molecule has 0 spiro atoms. The molecule has 3 aromatic rings. The Labute approximate surface area is 140 Å². The molecule has 0 bridgehead atoms. The zero-order valence-electron chi connectivity index (χ0n) is 13.6. The third kappa shape index (κ3) is 2.71. The van der Waals surface area contributed by atoms with Crippen LogP contribution in [0.1, 0.15) is 16.2 Å². The Morgan fingerprint density at radius 3 is 2.75 bits per heavy atom. The monoisotopic (exact) mass is 321 g/mol. The number of anilines is 1. The summed E-state index contributed by atoms with van der Waals surface area (Å²) < 4.78 is 0. The molecule has 3 heterocycles. The molecule has 0 unspecified atom stereocenters. The number of hydrogen-bond acceptors (Lipinski definition) is 4. The fourth-order valence-corrected chi connectivity index (χ4v) is 3.16. The lowest BCUT2D eigenvalue weighted by Gasteiger charge is -2.36. The van der Waals surface area contributed by atoms with E-state index in [4.69, 9.17) is 0 Å². The summed E-state index contributed by atoms with van der Waals surface area (Å²) in [6, 6.07) is 9.89. The molecule has 1 amide bonds. The first-order valence-electron chi connectivity index (χ1n) is 8.11. The van der Waals surface area contributed by atoms with Crippen LogP contribution in [0.2, 0.25) is 0 Å². The molecule has 1 N–H and O–H groups in total. The van der Waals surface area contributed by atoms with Crippen LogP contribution in [0.4, 0.5) is 5.69 Å². The summed E-state index contributed by atoms with van der Waals surface area (Å²) in [5.41, 5.74) is 3.86. The maximum atomic E-state index is 12.5. The van der Waals surface area contributed by atoms with E-state index in [1.807, 2.05) is 24.0 Å². The van der Waals surface area contributed by atoms with Crippen molar-refractivity contribution in [2.75, 3.05) is 31.1 Å². The van der Waals surface area contributed by atoms with Gasteiger partial charge in [0.1, 0.15) is 5.82 Å². The van der Waals surface area contributed by atoms with Gasteiger partial charge in [0, 0.05) is 44.3 Å². The number of benzene rings is 1. The molecule has 1 aliphatic rings. The summed E-state index contributed by atoms with van der Waals surface area (Å²) >= 11 is 0. The molecule has 0 saturated carbocycles. The van der Waals surface area contributed by atoms with Gasteiger partial charge < -0.3 is 14.8 Å². The zero-order chi connectivity index (χ0) is 16.5. The van der Waals surface area contributed by atoms with Gasteiger partial charge in [-0.25, -0.2) is 4.98 Å². The lowest BCUT2D eigenvalue weighted by atomic mass is 10.2. The number of nitrogens with one attached hydrogen (secondary N) is 1. The predicted molar refractivity (Wildman–Crippen MR) is 93.2 cm³/mol. The average Bonchev–Trinajstić information content (AvgIpc) is 3.01. The molecular formula is C18H19N5O. The highest BCUT2D eigenvalue weighted by molar-refractivity contribution is 5.94. The van der Waals surface area contributed by atoms with Crippen molar-refractivity contribution in [1.29, 1.82) is 0 Å². The minimum Gasteiger partial charge on any atom is -0.368 e. The molecule has 6 heteroatoms. The Kier molecular flexibility index (Phi) is 3.65. The number of piperazine rings is 1. The molecule has 1 saturated heterocycles. The highest BCUT2D eigenvalue weighted by Crippen LogP contribution is 2.22. The van der Waals surface area contributed by atoms with Gasteiger partial charge in [0.2, 0.25) is 0 Å². The summed E-state index contributed by atoms with van der Waals surface area (Å²) in [6.07, 6.45) is 3.31. The van der Waals surface area contributed by atoms with Gasteiger partial charge in [0.15, 0.2) is 0 Å². The van der Waals surface area contributed by atoms with Gasteiger partial charge in [-0.3, -0.25) is 9.78 Å². The van der Waals surface area contributed by atoms with Crippen molar-refractivity contribution in [3.05, 3.63) is 54.1 Å². The van der Waals surface area contributed by atoms with Gasteiger partial charge in [-0.2, -0.15) is 0 Å². The number of H-pyrrole nitrogens is 1. The van der Waals surface area contributed by atoms with Gasteiger partial charge in [0.25, 0.3) is 5.91 Å². The zero-order valence-corrected chi connectivity index (χ0v) is 13.6. The number of hydrogen-bond donors (Lipinski definition) is 1. The molecule has 1 aliphatic heterocycles. The van der Waals surface area contributed by atoms with E-state index in [0.717, 1.165) is 29.9 Å². The second-order valence-electron chi connectivity index (χ2n) is 6.04. The summed E-state index contributed by atoms with van der Waals surface area (Å²) in [5.74, 6) is 0.983. The third-order valence-corrected chi connectivity index (χ3v) is 4.42. The molecule has 122 valence electrons. The lowest BCUT2D eigenvalue weighted by Crippen LogP contribution is -2.48. The van der Waals surface area contributed by atoms with Gasteiger partial charge in [-0.15, -0.1) is 0 Å². The number of rotatable bonds is 2. The fraction of sp³-hybridized carbons (Fsp3) is 0.278. The standard InChI is InChI=1S/C18H19N5O/c1-13-20-16-5-4-15(11-17(16)21-13)22-7-9-23(10-8-22)18(24)14-3-2-6-19-12-14/h2-6,11-12H,7-10H2,1H3,(H,20,21). The Morgan fingerprint density at radius 2 is 2.00 bits per heavy atom. The van der Waals surface area contributed by atoms with Crippen molar-refractivity contribution in [1.82, 2.24) is 19.9 Å². The molecular weight excluding hydrogens is 302 g/mol. The van der Waals surface area contributed by atoms with E-state index < -0.39 is 0 Å². The highest BCUT2D eigenvalue weighted by Gasteiger charge is 2.22. The largest absolute Gasteiger partial charge is 0.368 e. The quantitative estimate of drug-likeness (QED) is 0.786. The van der Waals surface area contributed by atoms with Crippen LogP contribution in [-0.4, -0.2) is 51.9 Å². The molecule has 24 heavy (non-hydrogen) atoms. The van der Waals surface area contributed by atoms with Crippen LogP contribution >= 0.6 is 0 Å². The predicted octanol–water partition coefficient (Wildman–Crippen LogP) is 2.23. The van der Waals surface area contributed by atoms with Crippen molar-refractivity contribution in [3.63, 3.8) is 0 Å². The average molecular weight is 321 g/mol. The van der Waals surface area contributed by atoms with Crippen LogP contribution in [0.5, 0.6) is 0 Å². The van der Waals surface area contributed by atoms with Crippen LogP contribution in [0.3, 0.4) is 0 Å². The lowest BCUT2D eigenvalue weighted by molar-refractivity contribution is 0.0746. The van der Waals surface area contributed by atoms with Crippen LogP contribution in [0.15, 0.2) is 42.7 Å². The number of amides is 1. The molecule has 0 aliphatic carbocycles. The van der Waals surface area contributed by atoms with E-state index in [9.17, 15) is 4.79 Å².